The lowest BCUT2D eigenvalue weighted by atomic mass is 10.2. The van der Waals surface area contributed by atoms with Crippen LogP contribution in [0.3, 0.4) is 0 Å². The number of hydrogen-bond donors (Lipinski definition) is 2. The molecule has 0 radical (unpaired) electrons. The van der Waals surface area contributed by atoms with Crippen molar-refractivity contribution in [3.8, 4) is 5.75 Å². The molecule has 2 N–H and O–H groups in total. The Bertz CT molecular complexity index is 530. The highest BCUT2D eigenvalue weighted by molar-refractivity contribution is 5.89. The summed E-state index contributed by atoms with van der Waals surface area (Å²) in [6.07, 6.45) is 6.56. The van der Waals surface area contributed by atoms with Gasteiger partial charge in [0.15, 0.2) is 5.75 Å². The van der Waals surface area contributed by atoms with Gasteiger partial charge in [-0.1, -0.05) is 23.4 Å². The maximum absolute atomic E-state index is 9.55. The van der Waals surface area contributed by atoms with Crippen LogP contribution in [0.25, 0.3) is 6.08 Å². The zero-order valence-electron chi connectivity index (χ0n) is 9.76. The predicted octanol–water partition coefficient (Wildman–Crippen LogP) is 1.79. The second-order valence-corrected chi connectivity index (χ2v) is 3.25. The normalized spacial score (nSPS) is 11.8. The molecule has 1 aliphatic heterocycles. The van der Waals surface area contributed by atoms with Gasteiger partial charge < -0.3 is 15.1 Å². The molecule has 0 aliphatic carbocycles. The van der Waals surface area contributed by atoms with Crippen molar-refractivity contribution < 1.29 is 24.6 Å². The van der Waals surface area contributed by atoms with Crippen LogP contribution >= 0.6 is 0 Å². The minimum atomic E-state index is -1.26. The molecule has 0 saturated carbocycles. The van der Waals surface area contributed by atoms with Gasteiger partial charge in [-0.2, -0.15) is 0 Å². The highest BCUT2D eigenvalue weighted by Gasteiger charge is 1.99. The quantitative estimate of drug-likeness (QED) is 0.791. The Kier molecular flexibility index (Phi) is 5.55. The predicted molar refractivity (Wildman–Crippen MR) is 69.0 cm³/mol. The molecule has 0 spiro atoms. The molecule has 2 rings (SSSR count). The molecular weight excluding hydrogens is 250 g/mol. The number of oxime groups is 1. The number of para-hydroxylation sites is 1. The van der Waals surface area contributed by atoms with Gasteiger partial charge in [0.25, 0.3) is 0 Å². The molecular formula is C13H11NO5. The Labute approximate surface area is 108 Å². The van der Waals surface area contributed by atoms with E-state index in [1.807, 2.05) is 36.4 Å². The lowest BCUT2D eigenvalue weighted by molar-refractivity contribution is -0.134. The average molecular weight is 261 g/mol. The SMILES string of the molecule is C1=Cc2ccccc2ON=C1.O=C(O)/C=C/C(=O)O. The zero-order chi connectivity index (χ0) is 14.1. The molecule has 0 atom stereocenters. The van der Waals surface area contributed by atoms with Crippen LogP contribution in [0.4, 0.5) is 0 Å². The largest absolute Gasteiger partial charge is 0.478 e. The van der Waals surface area contributed by atoms with E-state index < -0.39 is 11.9 Å². The van der Waals surface area contributed by atoms with Crippen molar-refractivity contribution in [3.63, 3.8) is 0 Å². The Hall–Kier alpha value is -2.89. The van der Waals surface area contributed by atoms with Gasteiger partial charge in [0, 0.05) is 17.7 Å². The minimum Gasteiger partial charge on any atom is -0.478 e. The van der Waals surface area contributed by atoms with E-state index in [2.05, 4.69) is 5.16 Å². The molecule has 0 amide bonds. The zero-order valence-corrected chi connectivity index (χ0v) is 9.76. The number of aliphatic carboxylic acids is 2. The third-order valence-electron chi connectivity index (χ3n) is 1.86. The van der Waals surface area contributed by atoms with Gasteiger partial charge in [-0.3, -0.25) is 0 Å². The van der Waals surface area contributed by atoms with E-state index in [0.717, 1.165) is 11.3 Å². The fourth-order valence-electron chi connectivity index (χ4n) is 1.11. The summed E-state index contributed by atoms with van der Waals surface area (Å²) in [7, 11) is 0. The van der Waals surface area contributed by atoms with Gasteiger partial charge in [-0.25, -0.2) is 9.59 Å². The average Bonchev–Trinajstić information content (AvgIpc) is 2.62. The van der Waals surface area contributed by atoms with E-state index >= 15 is 0 Å². The number of nitrogens with zero attached hydrogens (tertiary/aromatic N) is 1. The Balaban J connectivity index is 0.000000203. The van der Waals surface area contributed by atoms with Gasteiger partial charge in [0.1, 0.15) is 0 Å². The van der Waals surface area contributed by atoms with E-state index in [1.54, 1.807) is 6.21 Å². The van der Waals surface area contributed by atoms with Crippen LogP contribution in [0.1, 0.15) is 5.56 Å². The van der Waals surface area contributed by atoms with Crippen LogP contribution < -0.4 is 4.84 Å². The summed E-state index contributed by atoms with van der Waals surface area (Å²) in [4.78, 5) is 24.2. The van der Waals surface area contributed by atoms with Crippen molar-refractivity contribution in [1.82, 2.24) is 0 Å². The number of hydrogen-bond acceptors (Lipinski definition) is 4. The second kappa shape index (κ2) is 7.44. The molecule has 0 bridgehead atoms. The fraction of sp³-hybridized carbons (Fsp3) is 0. The van der Waals surface area contributed by atoms with E-state index in [0.29, 0.717) is 12.2 Å². The molecule has 0 unspecified atom stereocenters. The number of rotatable bonds is 2. The monoisotopic (exact) mass is 261 g/mol. The number of allylic oxidation sites excluding steroid dienone is 1. The molecule has 19 heavy (non-hydrogen) atoms. The first-order valence-corrected chi connectivity index (χ1v) is 5.19. The van der Waals surface area contributed by atoms with Crippen molar-refractivity contribution >= 4 is 24.2 Å². The number of benzene rings is 1. The first-order chi connectivity index (χ1) is 9.09. The first-order valence-electron chi connectivity index (χ1n) is 5.19. The third kappa shape index (κ3) is 5.83. The van der Waals surface area contributed by atoms with E-state index in [9.17, 15) is 9.59 Å². The Morgan fingerprint density at radius 2 is 1.74 bits per heavy atom. The molecule has 1 aromatic carbocycles. The van der Waals surface area contributed by atoms with E-state index in [4.69, 9.17) is 15.1 Å². The van der Waals surface area contributed by atoms with Crippen LogP contribution in [-0.4, -0.2) is 28.4 Å². The van der Waals surface area contributed by atoms with Crippen LogP contribution in [0.5, 0.6) is 5.75 Å². The molecule has 6 heteroatoms. The highest BCUT2D eigenvalue weighted by Crippen LogP contribution is 2.20. The van der Waals surface area contributed by atoms with Crippen molar-refractivity contribution in [2.45, 2.75) is 0 Å². The van der Waals surface area contributed by atoms with Gasteiger partial charge in [0.2, 0.25) is 0 Å². The molecule has 0 aromatic heterocycles. The molecule has 1 aliphatic rings. The standard InChI is InChI=1S/C9H7NO.C4H4O4/c1-2-6-9-8(4-1)5-3-7-10-11-9;5-3(6)1-2-4(7)8/h1-7H;1-2H,(H,5,6)(H,7,8)/b;2-1+. The summed E-state index contributed by atoms with van der Waals surface area (Å²) in [5.41, 5.74) is 1.06. The van der Waals surface area contributed by atoms with E-state index in [1.165, 1.54) is 0 Å². The summed E-state index contributed by atoms with van der Waals surface area (Å²) < 4.78 is 0. The van der Waals surface area contributed by atoms with Gasteiger partial charge >= 0.3 is 11.9 Å². The Morgan fingerprint density at radius 1 is 1.11 bits per heavy atom. The lowest BCUT2D eigenvalue weighted by Gasteiger charge is -1.98. The van der Waals surface area contributed by atoms with Crippen LogP contribution in [-0.2, 0) is 9.59 Å². The van der Waals surface area contributed by atoms with Crippen LogP contribution in [0, 0.1) is 0 Å². The third-order valence-corrected chi connectivity index (χ3v) is 1.86. The number of carboxylic acid groups (broad SMARTS) is 2. The number of carbonyl (C=O) groups is 2. The van der Waals surface area contributed by atoms with E-state index in [-0.39, 0.29) is 0 Å². The fourth-order valence-corrected chi connectivity index (χ4v) is 1.11. The number of carboxylic acids is 2. The highest BCUT2D eigenvalue weighted by atomic mass is 16.6. The van der Waals surface area contributed by atoms with Crippen LogP contribution in [0.15, 0.2) is 47.6 Å². The lowest BCUT2D eigenvalue weighted by Crippen LogP contribution is -1.91. The van der Waals surface area contributed by atoms with Crippen LogP contribution in [0.2, 0.25) is 0 Å². The molecule has 1 aromatic rings. The van der Waals surface area contributed by atoms with Crippen molar-refractivity contribution in [2.24, 2.45) is 5.16 Å². The van der Waals surface area contributed by atoms with Crippen molar-refractivity contribution in [2.75, 3.05) is 0 Å². The summed E-state index contributed by atoms with van der Waals surface area (Å²) in [5, 5.41) is 19.3. The molecule has 6 nitrogen and oxygen atoms in total. The summed E-state index contributed by atoms with van der Waals surface area (Å²) in [6, 6.07) is 7.77. The van der Waals surface area contributed by atoms with Gasteiger partial charge in [-0.15, -0.1) is 0 Å². The summed E-state index contributed by atoms with van der Waals surface area (Å²) in [5.74, 6) is -1.71. The maximum Gasteiger partial charge on any atom is 0.328 e. The Morgan fingerprint density at radius 3 is 2.37 bits per heavy atom. The minimum absolute atomic E-state index is 0.558. The molecule has 1 heterocycles. The topological polar surface area (TPSA) is 96.2 Å². The molecule has 0 saturated heterocycles. The smallest absolute Gasteiger partial charge is 0.328 e. The molecule has 0 fully saturated rings. The van der Waals surface area contributed by atoms with Gasteiger partial charge in [-0.05, 0) is 18.2 Å². The van der Waals surface area contributed by atoms with Gasteiger partial charge in [0.05, 0.1) is 6.21 Å². The first kappa shape index (κ1) is 14.2. The van der Waals surface area contributed by atoms with Crippen molar-refractivity contribution in [3.05, 3.63) is 48.1 Å². The molecule has 98 valence electrons. The van der Waals surface area contributed by atoms with Crippen molar-refractivity contribution in [1.29, 1.82) is 0 Å². The summed E-state index contributed by atoms with van der Waals surface area (Å²) >= 11 is 0. The maximum atomic E-state index is 9.55. The number of fused-ring (bicyclic) bond motifs is 1. The second-order valence-electron chi connectivity index (χ2n) is 3.25. The summed E-state index contributed by atoms with van der Waals surface area (Å²) in [6.45, 7) is 0.